The van der Waals surface area contributed by atoms with Crippen molar-refractivity contribution in [3.63, 3.8) is 0 Å². The molecule has 1 aromatic heterocycles. The summed E-state index contributed by atoms with van der Waals surface area (Å²) in [4.78, 5) is 14.4. The van der Waals surface area contributed by atoms with Crippen molar-refractivity contribution in [2.24, 2.45) is 0 Å². The molecule has 0 aliphatic rings. The molecular formula is C18H13F2NOS2. The molecule has 0 unspecified atom stereocenters. The highest BCUT2D eigenvalue weighted by Gasteiger charge is 2.15. The lowest BCUT2D eigenvalue weighted by molar-refractivity contribution is 0.102. The molecule has 0 bridgehead atoms. The van der Waals surface area contributed by atoms with Gasteiger partial charge in [0.15, 0.2) is 11.6 Å². The zero-order valence-corrected chi connectivity index (χ0v) is 14.1. The summed E-state index contributed by atoms with van der Waals surface area (Å²) >= 11 is 3.18. The predicted octanol–water partition coefficient (Wildman–Crippen LogP) is 5.57. The molecule has 6 heteroatoms. The quantitative estimate of drug-likeness (QED) is 0.602. The Morgan fingerprint density at radius 1 is 1.04 bits per heavy atom. The SMILES string of the molecule is O=C(Nc1cccc(F)c1F)c1ccccc1SCc1cccs1. The van der Waals surface area contributed by atoms with Gasteiger partial charge in [-0.2, -0.15) is 0 Å². The zero-order chi connectivity index (χ0) is 16.9. The van der Waals surface area contributed by atoms with Crippen LogP contribution in [0.4, 0.5) is 14.5 Å². The molecule has 122 valence electrons. The number of benzene rings is 2. The third-order valence-corrected chi connectivity index (χ3v) is 5.46. The van der Waals surface area contributed by atoms with Gasteiger partial charge in [-0.1, -0.05) is 24.3 Å². The molecule has 0 spiro atoms. The van der Waals surface area contributed by atoms with Gasteiger partial charge in [-0.3, -0.25) is 4.79 Å². The molecule has 1 amide bonds. The zero-order valence-electron chi connectivity index (χ0n) is 12.5. The summed E-state index contributed by atoms with van der Waals surface area (Å²) < 4.78 is 27.0. The average Bonchev–Trinajstić information content (AvgIpc) is 3.11. The second-order valence-corrected chi connectivity index (χ2v) is 6.97. The van der Waals surface area contributed by atoms with Crippen LogP contribution in [0.25, 0.3) is 0 Å². The molecule has 0 radical (unpaired) electrons. The largest absolute Gasteiger partial charge is 0.319 e. The van der Waals surface area contributed by atoms with E-state index < -0.39 is 17.5 Å². The maximum Gasteiger partial charge on any atom is 0.256 e. The van der Waals surface area contributed by atoms with Crippen LogP contribution in [-0.2, 0) is 5.75 Å². The lowest BCUT2D eigenvalue weighted by atomic mass is 10.2. The van der Waals surface area contributed by atoms with Crippen molar-refractivity contribution < 1.29 is 13.6 Å². The standard InChI is InChI=1S/C18H13F2NOS2/c19-14-7-3-8-15(17(14)20)21-18(22)13-6-1-2-9-16(13)24-11-12-5-4-10-23-12/h1-10H,11H2,(H,21,22). The number of thiophene rings is 1. The second kappa shape index (κ2) is 7.59. The normalized spacial score (nSPS) is 10.6. The van der Waals surface area contributed by atoms with E-state index in [0.29, 0.717) is 5.56 Å². The van der Waals surface area contributed by atoms with Crippen molar-refractivity contribution in [1.82, 2.24) is 0 Å². The molecule has 24 heavy (non-hydrogen) atoms. The Balaban J connectivity index is 1.78. The highest BCUT2D eigenvalue weighted by molar-refractivity contribution is 7.98. The molecule has 2 aromatic carbocycles. The van der Waals surface area contributed by atoms with Crippen molar-refractivity contribution in [2.75, 3.05) is 5.32 Å². The lowest BCUT2D eigenvalue weighted by Gasteiger charge is -2.10. The van der Waals surface area contributed by atoms with Gasteiger partial charge in [0, 0.05) is 15.5 Å². The second-order valence-electron chi connectivity index (χ2n) is 4.92. The third kappa shape index (κ3) is 3.83. The third-order valence-electron chi connectivity index (χ3n) is 3.28. The molecule has 3 rings (SSSR count). The van der Waals surface area contributed by atoms with Crippen molar-refractivity contribution in [3.05, 3.63) is 82.1 Å². The van der Waals surface area contributed by atoms with Crippen LogP contribution in [0.3, 0.4) is 0 Å². The first-order valence-electron chi connectivity index (χ1n) is 7.14. The van der Waals surface area contributed by atoms with E-state index in [1.54, 1.807) is 23.5 Å². The van der Waals surface area contributed by atoms with Crippen molar-refractivity contribution >= 4 is 34.7 Å². The van der Waals surface area contributed by atoms with Crippen molar-refractivity contribution in [2.45, 2.75) is 10.6 Å². The predicted molar refractivity (Wildman–Crippen MR) is 94.6 cm³/mol. The molecular weight excluding hydrogens is 348 g/mol. The molecule has 0 aliphatic carbocycles. The highest BCUT2D eigenvalue weighted by Crippen LogP contribution is 2.28. The van der Waals surface area contributed by atoms with Gasteiger partial charge in [0.2, 0.25) is 0 Å². The van der Waals surface area contributed by atoms with Crippen LogP contribution in [0.15, 0.2) is 64.9 Å². The minimum atomic E-state index is -1.06. The van der Waals surface area contributed by atoms with E-state index in [9.17, 15) is 13.6 Å². The summed E-state index contributed by atoms with van der Waals surface area (Å²) in [6, 6.07) is 14.8. The number of amides is 1. The van der Waals surface area contributed by atoms with E-state index in [0.717, 1.165) is 16.7 Å². The van der Waals surface area contributed by atoms with Gasteiger partial charge in [-0.05, 0) is 35.7 Å². The van der Waals surface area contributed by atoms with Gasteiger partial charge in [0.05, 0.1) is 11.3 Å². The van der Waals surface area contributed by atoms with E-state index in [4.69, 9.17) is 0 Å². The summed E-state index contributed by atoms with van der Waals surface area (Å²) in [6.07, 6.45) is 0. The lowest BCUT2D eigenvalue weighted by Crippen LogP contribution is -2.14. The Hall–Kier alpha value is -2.18. The van der Waals surface area contributed by atoms with Crippen LogP contribution in [0, 0.1) is 11.6 Å². The Labute approximate surface area is 146 Å². The molecule has 2 nitrogen and oxygen atoms in total. The number of hydrogen-bond acceptors (Lipinski definition) is 3. The maximum absolute atomic E-state index is 13.7. The van der Waals surface area contributed by atoms with E-state index in [1.807, 2.05) is 29.6 Å². The number of rotatable bonds is 5. The molecule has 0 saturated carbocycles. The summed E-state index contributed by atoms with van der Waals surface area (Å²) in [7, 11) is 0. The number of hydrogen-bond donors (Lipinski definition) is 1. The van der Waals surface area contributed by atoms with Gasteiger partial charge >= 0.3 is 0 Å². The van der Waals surface area contributed by atoms with Gasteiger partial charge < -0.3 is 5.32 Å². The van der Waals surface area contributed by atoms with Crippen LogP contribution in [-0.4, -0.2) is 5.91 Å². The number of carbonyl (C=O) groups excluding carboxylic acids is 1. The first-order chi connectivity index (χ1) is 11.6. The molecule has 0 atom stereocenters. The first-order valence-corrected chi connectivity index (χ1v) is 9.01. The Bertz CT molecular complexity index is 850. The fourth-order valence-electron chi connectivity index (χ4n) is 2.11. The highest BCUT2D eigenvalue weighted by atomic mass is 32.2. The fourth-order valence-corrected chi connectivity index (χ4v) is 3.94. The van der Waals surface area contributed by atoms with Crippen LogP contribution < -0.4 is 5.32 Å². The fraction of sp³-hybridized carbons (Fsp3) is 0.0556. The van der Waals surface area contributed by atoms with Crippen molar-refractivity contribution in [3.8, 4) is 0 Å². The van der Waals surface area contributed by atoms with E-state index >= 15 is 0 Å². The Kier molecular flexibility index (Phi) is 5.27. The van der Waals surface area contributed by atoms with E-state index in [1.165, 1.54) is 28.8 Å². The van der Waals surface area contributed by atoms with Gasteiger partial charge in [-0.25, -0.2) is 8.78 Å². The molecule has 0 fully saturated rings. The Morgan fingerprint density at radius 3 is 2.67 bits per heavy atom. The van der Waals surface area contributed by atoms with Crippen LogP contribution in [0.1, 0.15) is 15.2 Å². The van der Waals surface area contributed by atoms with Gasteiger partial charge in [0.25, 0.3) is 5.91 Å². The van der Waals surface area contributed by atoms with Crippen LogP contribution >= 0.6 is 23.1 Å². The summed E-state index contributed by atoms with van der Waals surface area (Å²) in [5, 5.41) is 4.44. The van der Waals surface area contributed by atoms with Gasteiger partial charge in [-0.15, -0.1) is 23.1 Å². The molecule has 3 aromatic rings. The number of anilines is 1. The number of nitrogens with one attached hydrogen (secondary N) is 1. The molecule has 0 aliphatic heterocycles. The summed E-state index contributed by atoms with van der Waals surface area (Å²) in [5.41, 5.74) is 0.265. The summed E-state index contributed by atoms with van der Waals surface area (Å²) in [6.45, 7) is 0. The monoisotopic (exact) mass is 361 g/mol. The molecule has 1 heterocycles. The minimum absolute atomic E-state index is 0.168. The van der Waals surface area contributed by atoms with Gasteiger partial charge in [0.1, 0.15) is 0 Å². The molecule has 0 saturated heterocycles. The van der Waals surface area contributed by atoms with E-state index in [-0.39, 0.29) is 5.69 Å². The summed E-state index contributed by atoms with van der Waals surface area (Å²) in [5.74, 6) is -1.77. The Morgan fingerprint density at radius 2 is 1.88 bits per heavy atom. The van der Waals surface area contributed by atoms with E-state index in [2.05, 4.69) is 5.32 Å². The maximum atomic E-state index is 13.7. The first kappa shape index (κ1) is 16.7. The molecule has 1 N–H and O–H groups in total. The minimum Gasteiger partial charge on any atom is -0.319 e. The topological polar surface area (TPSA) is 29.1 Å². The smallest absolute Gasteiger partial charge is 0.256 e. The average molecular weight is 361 g/mol. The van der Waals surface area contributed by atoms with Crippen LogP contribution in [0.5, 0.6) is 0 Å². The number of halogens is 2. The number of thioether (sulfide) groups is 1. The van der Waals surface area contributed by atoms with Crippen LogP contribution in [0.2, 0.25) is 0 Å². The number of carbonyl (C=O) groups is 1. The van der Waals surface area contributed by atoms with Crippen molar-refractivity contribution in [1.29, 1.82) is 0 Å².